The standard InChI is InChI=1S/C31H34O2P2/c1-19-21(3)29-30-22(4)20(2)28(24-15-11-8-12-16-24)35(30)18-26-25(32-31(5,6)33-26)17-34(29)27(19)23-13-9-7-10-14-23/h7-16,25-26H,17-18H2,1-6H3/t25-,26-,34?,35?/m0/s1. The summed E-state index contributed by atoms with van der Waals surface area (Å²) in [5, 5.41) is 6.36. The largest absolute Gasteiger partial charge is 0.344 e. The van der Waals surface area contributed by atoms with Gasteiger partial charge in [-0.3, -0.25) is 0 Å². The first kappa shape index (κ1) is 23.3. The van der Waals surface area contributed by atoms with Gasteiger partial charge in [-0.25, -0.2) is 0 Å². The maximum absolute atomic E-state index is 6.62. The molecule has 180 valence electrons. The van der Waals surface area contributed by atoms with Crippen molar-refractivity contribution in [2.45, 2.75) is 71.9 Å². The van der Waals surface area contributed by atoms with Crippen LogP contribution in [0.3, 0.4) is 0 Å². The molecule has 4 aromatic rings. The van der Waals surface area contributed by atoms with Crippen LogP contribution in [0.4, 0.5) is 0 Å². The number of rotatable bonds is 2. The van der Waals surface area contributed by atoms with Gasteiger partial charge in [0.05, 0.1) is 12.2 Å². The highest BCUT2D eigenvalue weighted by Gasteiger charge is 2.44. The first-order valence-electron chi connectivity index (χ1n) is 12.6. The van der Waals surface area contributed by atoms with E-state index in [0.717, 1.165) is 12.3 Å². The highest BCUT2D eigenvalue weighted by Crippen LogP contribution is 2.67. The molecular weight excluding hydrogens is 466 g/mol. The first-order valence-corrected chi connectivity index (χ1v) is 15.7. The fourth-order valence-corrected chi connectivity index (χ4v) is 13.5. The van der Waals surface area contributed by atoms with Gasteiger partial charge in [-0.05, 0) is 74.9 Å². The molecule has 2 aliphatic rings. The SMILES string of the molecule is Cc1c(C)c2p(c1-c1ccccc1)C[C@@H]1OC(C)(C)O[C@H]1Cp1c(-c3ccccc3)c(C)c(C)c1-2. The summed E-state index contributed by atoms with van der Waals surface area (Å²) < 4.78 is 13.2. The zero-order valence-electron chi connectivity index (χ0n) is 21.6. The minimum absolute atomic E-state index is 0.130. The summed E-state index contributed by atoms with van der Waals surface area (Å²) in [5.74, 6) is -0.529. The Morgan fingerprint density at radius 3 is 1.29 bits per heavy atom. The van der Waals surface area contributed by atoms with Gasteiger partial charge in [0.15, 0.2) is 5.79 Å². The van der Waals surface area contributed by atoms with E-state index in [-0.39, 0.29) is 12.2 Å². The lowest BCUT2D eigenvalue weighted by Crippen LogP contribution is -2.24. The van der Waals surface area contributed by atoms with Crippen LogP contribution in [-0.2, 0) is 21.8 Å². The number of benzene rings is 2. The van der Waals surface area contributed by atoms with Crippen LogP contribution in [0.2, 0.25) is 0 Å². The summed E-state index contributed by atoms with van der Waals surface area (Å²) >= 11 is 0. The minimum atomic E-state index is -0.534. The summed E-state index contributed by atoms with van der Waals surface area (Å²) in [5.41, 5.74) is 8.67. The van der Waals surface area contributed by atoms with Crippen LogP contribution in [0.25, 0.3) is 32.3 Å². The molecule has 0 bridgehead atoms. The van der Waals surface area contributed by atoms with Crippen LogP contribution in [0.5, 0.6) is 0 Å². The molecule has 1 saturated heterocycles. The lowest BCUT2D eigenvalue weighted by molar-refractivity contribution is -0.144. The smallest absolute Gasteiger partial charge is 0.163 e. The monoisotopic (exact) mass is 500 g/mol. The molecule has 0 N–H and O–H groups in total. The van der Waals surface area contributed by atoms with Crippen molar-refractivity contribution >= 4 is 15.1 Å². The Bertz CT molecular complexity index is 1300. The molecule has 1 fully saturated rings. The molecule has 0 spiro atoms. The van der Waals surface area contributed by atoms with Gasteiger partial charge >= 0.3 is 0 Å². The van der Waals surface area contributed by atoms with Gasteiger partial charge in [-0.1, -0.05) is 60.7 Å². The summed E-state index contributed by atoms with van der Waals surface area (Å²) in [7, 11) is -1.07. The Hall–Kier alpha value is -2.08. The van der Waals surface area contributed by atoms with Crippen molar-refractivity contribution in [1.82, 2.24) is 0 Å². The molecule has 2 aliphatic heterocycles. The Morgan fingerprint density at radius 2 is 0.914 bits per heavy atom. The summed E-state index contributed by atoms with van der Waals surface area (Å²) in [6.07, 6.45) is 2.34. The van der Waals surface area contributed by atoms with E-state index in [1.54, 1.807) is 21.2 Å². The normalized spacial score (nSPS) is 21.7. The maximum atomic E-state index is 6.62. The fraction of sp³-hybridized carbons (Fsp3) is 0.355. The van der Waals surface area contributed by atoms with Gasteiger partial charge in [0.2, 0.25) is 0 Å². The molecule has 4 heterocycles. The molecule has 2 aromatic carbocycles. The van der Waals surface area contributed by atoms with Crippen LogP contribution in [-0.4, -0.2) is 18.0 Å². The predicted molar refractivity (Wildman–Crippen MR) is 151 cm³/mol. The van der Waals surface area contributed by atoms with Crippen molar-refractivity contribution in [2.75, 3.05) is 0 Å². The Morgan fingerprint density at radius 1 is 0.571 bits per heavy atom. The van der Waals surface area contributed by atoms with Crippen molar-refractivity contribution in [3.05, 3.63) is 82.9 Å². The minimum Gasteiger partial charge on any atom is -0.344 e. The molecule has 2 aromatic heterocycles. The fourth-order valence-electron chi connectivity index (χ4n) is 6.23. The van der Waals surface area contributed by atoms with Crippen LogP contribution >= 0.6 is 15.1 Å². The van der Waals surface area contributed by atoms with Gasteiger partial charge in [-0.15, -0.1) is 15.1 Å². The van der Waals surface area contributed by atoms with Crippen LogP contribution < -0.4 is 0 Å². The molecule has 0 aliphatic carbocycles. The molecule has 2 nitrogen and oxygen atoms in total. The highest BCUT2D eigenvalue weighted by atomic mass is 31.1. The van der Waals surface area contributed by atoms with E-state index in [0.29, 0.717) is 0 Å². The Kier molecular flexibility index (Phi) is 5.66. The van der Waals surface area contributed by atoms with Crippen LogP contribution in [0.1, 0.15) is 36.1 Å². The molecule has 35 heavy (non-hydrogen) atoms. The molecule has 4 heteroatoms. The number of ether oxygens (including phenoxy) is 2. The number of fused-ring (bicyclic) bond motifs is 4. The third-order valence-electron chi connectivity index (χ3n) is 7.95. The first-order chi connectivity index (χ1) is 16.8. The Balaban J connectivity index is 1.69. The zero-order valence-corrected chi connectivity index (χ0v) is 23.3. The van der Waals surface area contributed by atoms with Gasteiger partial charge < -0.3 is 9.47 Å². The molecule has 4 atom stereocenters. The van der Waals surface area contributed by atoms with Crippen LogP contribution in [0, 0.1) is 27.7 Å². The molecule has 0 saturated carbocycles. The van der Waals surface area contributed by atoms with E-state index in [1.165, 1.54) is 33.4 Å². The van der Waals surface area contributed by atoms with Crippen LogP contribution in [0.15, 0.2) is 60.7 Å². The topological polar surface area (TPSA) is 18.5 Å². The lowest BCUT2D eigenvalue weighted by atomic mass is 10.0. The second-order valence-electron chi connectivity index (χ2n) is 10.6. The molecule has 6 rings (SSSR count). The van der Waals surface area contributed by atoms with Crippen molar-refractivity contribution in [1.29, 1.82) is 0 Å². The second-order valence-corrected chi connectivity index (χ2v) is 14.8. The second kappa shape index (κ2) is 8.50. The van der Waals surface area contributed by atoms with Gasteiger partial charge in [-0.2, -0.15) is 0 Å². The van der Waals surface area contributed by atoms with E-state index >= 15 is 0 Å². The van der Waals surface area contributed by atoms with Crippen molar-refractivity contribution in [3.63, 3.8) is 0 Å². The van der Waals surface area contributed by atoms with E-state index in [4.69, 9.17) is 9.47 Å². The van der Waals surface area contributed by atoms with E-state index < -0.39 is 20.9 Å². The quantitative estimate of drug-likeness (QED) is 0.273. The zero-order chi connectivity index (χ0) is 24.5. The maximum Gasteiger partial charge on any atom is 0.163 e. The van der Waals surface area contributed by atoms with E-state index in [2.05, 4.69) is 102 Å². The third kappa shape index (κ3) is 3.70. The van der Waals surface area contributed by atoms with E-state index in [1.807, 2.05) is 0 Å². The summed E-state index contributed by atoms with van der Waals surface area (Å²) in [6, 6.07) is 22.1. The lowest BCUT2D eigenvalue weighted by Gasteiger charge is -2.25. The number of hydrogen-bond acceptors (Lipinski definition) is 2. The summed E-state index contributed by atoms with van der Waals surface area (Å²) in [6.45, 7) is 13.6. The Labute approximate surface area is 211 Å². The third-order valence-corrected chi connectivity index (χ3v) is 14.0. The molecule has 2 unspecified atom stereocenters. The average Bonchev–Trinajstić information content (AvgIpc) is 3.35. The van der Waals surface area contributed by atoms with Crippen molar-refractivity contribution in [2.24, 2.45) is 0 Å². The van der Waals surface area contributed by atoms with Crippen molar-refractivity contribution in [3.8, 4) is 32.3 Å². The van der Waals surface area contributed by atoms with Crippen molar-refractivity contribution < 1.29 is 9.47 Å². The molecular formula is C31H34O2P2. The molecule has 0 radical (unpaired) electrons. The highest BCUT2D eigenvalue weighted by molar-refractivity contribution is 7.61. The van der Waals surface area contributed by atoms with Gasteiger partial charge in [0.1, 0.15) is 0 Å². The van der Waals surface area contributed by atoms with Gasteiger partial charge in [0, 0.05) is 33.5 Å². The van der Waals surface area contributed by atoms with E-state index in [9.17, 15) is 0 Å². The predicted octanol–water partition coefficient (Wildman–Crippen LogP) is 9.43. The average molecular weight is 501 g/mol. The van der Waals surface area contributed by atoms with Gasteiger partial charge in [0.25, 0.3) is 0 Å². The number of hydrogen-bond donors (Lipinski definition) is 0. The molecule has 0 amide bonds. The summed E-state index contributed by atoms with van der Waals surface area (Å²) in [4.78, 5) is 0.